The van der Waals surface area contributed by atoms with Crippen LogP contribution in [0.5, 0.6) is 0 Å². The van der Waals surface area contributed by atoms with Gasteiger partial charge in [-0.25, -0.2) is 0 Å². The third-order valence-corrected chi connectivity index (χ3v) is 107. The fraction of sp³-hybridized carbons (Fsp3) is 0.737. The van der Waals surface area contributed by atoms with Crippen molar-refractivity contribution >= 4 is 50.9 Å². The van der Waals surface area contributed by atoms with E-state index in [0.29, 0.717) is 0 Å². The quantitative estimate of drug-likeness (QED) is 0.192. The molecule has 0 amide bonds. The average Bonchev–Trinajstić information content (AvgIpc) is 2.58. The van der Waals surface area contributed by atoms with Gasteiger partial charge < -0.3 is 0 Å². The standard InChI is InChI=1S/2C7H19Si2.5CO.Mo.Pb/c2*1-8(2,3)7-9(4,5)6;5*1-2;;/h2*7H,1-6H3;;;;;;;. The summed E-state index contributed by atoms with van der Waals surface area (Å²) >= 11 is 1.22. The van der Waals surface area contributed by atoms with E-state index in [0.717, 1.165) is 0 Å². The van der Waals surface area contributed by atoms with E-state index in [2.05, 4.69) is 127 Å². The van der Waals surface area contributed by atoms with E-state index in [9.17, 15) is 0 Å². The van der Waals surface area contributed by atoms with Gasteiger partial charge >= 0.3 is 206 Å². The monoisotopic (exact) mass is 764 g/mol. The number of hydrogen-bond donors (Lipinski definition) is 0. The molecule has 0 N–H and O–H groups in total. The minimum absolute atomic E-state index is 1.00. The van der Waals surface area contributed by atoms with Crippen LogP contribution in [0.3, 0.4) is 0 Å². The molecule has 5 nitrogen and oxygen atoms in total. The van der Waals surface area contributed by atoms with Crippen molar-refractivity contribution in [3.05, 3.63) is 33.3 Å². The Bertz CT molecular complexity index is 463. The molecule has 0 spiro atoms. The first-order valence-corrected chi connectivity index (χ1v) is 38.1. The molecular weight excluding hydrogens is 724 g/mol. The van der Waals surface area contributed by atoms with Crippen LogP contribution < -0.4 is 0 Å². The third kappa shape index (κ3) is 21.0. The summed E-state index contributed by atoms with van der Waals surface area (Å²) in [5.74, 6) is 0. The Morgan fingerprint density at radius 2 is 0.533 bits per heavy atom. The van der Waals surface area contributed by atoms with Crippen LogP contribution in [0, 0.1) is 33.3 Å². The van der Waals surface area contributed by atoms with E-state index >= 15 is 0 Å². The zero-order valence-electron chi connectivity index (χ0n) is 20.6. The Labute approximate surface area is 204 Å². The van der Waals surface area contributed by atoms with Gasteiger partial charge in [0, 0.05) is 0 Å². The molecule has 0 aliphatic heterocycles. The van der Waals surface area contributed by atoms with Crippen LogP contribution in [-0.4, -0.2) is 50.9 Å². The second-order valence-corrected chi connectivity index (χ2v) is 59.9. The molecular formula is C19H38MoO5PbSi4. The zero-order chi connectivity index (χ0) is 26.7. The van der Waals surface area contributed by atoms with E-state index < -0.39 is 50.9 Å². The maximum atomic E-state index is 7.50. The van der Waals surface area contributed by atoms with Crippen molar-refractivity contribution in [2.75, 3.05) is 0 Å². The summed E-state index contributed by atoms with van der Waals surface area (Å²) in [4.78, 5) is 0. The molecule has 0 atom stereocenters. The molecule has 0 aromatic heterocycles. The molecule has 0 heterocycles. The van der Waals surface area contributed by atoms with Crippen LogP contribution in [-0.2, 0) is 38.0 Å². The molecule has 0 radical (unpaired) electrons. The summed E-state index contributed by atoms with van der Waals surface area (Å²) < 4.78 is 40.0. The van der Waals surface area contributed by atoms with Crippen molar-refractivity contribution in [1.82, 2.24) is 0 Å². The molecule has 0 saturated carbocycles. The van der Waals surface area contributed by atoms with Crippen LogP contribution in [0.4, 0.5) is 0 Å². The van der Waals surface area contributed by atoms with Crippen LogP contribution in [0.25, 0.3) is 0 Å². The molecule has 170 valence electrons. The maximum absolute atomic E-state index is 7.50. The minimum atomic E-state index is -1.55. The van der Waals surface area contributed by atoms with Gasteiger partial charge in [-0.2, -0.15) is 0 Å². The van der Waals surface area contributed by atoms with Gasteiger partial charge in [0.1, 0.15) is 0 Å². The fourth-order valence-electron chi connectivity index (χ4n) is 4.47. The average molecular weight is 762 g/mol. The van der Waals surface area contributed by atoms with Crippen molar-refractivity contribution in [3.8, 4) is 0 Å². The van der Waals surface area contributed by atoms with Crippen molar-refractivity contribution in [3.63, 3.8) is 0 Å². The second kappa shape index (κ2) is 22.0. The summed E-state index contributed by atoms with van der Waals surface area (Å²) in [7, 11) is -4.01. The summed E-state index contributed by atoms with van der Waals surface area (Å²) in [6.07, 6.45) is 0. The first-order valence-electron chi connectivity index (χ1n) is 8.96. The van der Waals surface area contributed by atoms with Gasteiger partial charge in [0.05, 0.1) is 0 Å². The number of rotatable bonds is 6. The van der Waals surface area contributed by atoms with Gasteiger partial charge in [-0.3, -0.25) is 0 Å². The van der Waals surface area contributed by atoms with Crippen molar-refractivity contribution < 1.29 is 38.0 Å². The van der Waals surface area contributed by atoms with Crippen molar-refractivity contribution in [2.24, 2.45) is 0 Å². The second-order valence-electron chi connectivity index (χ2n) is 10.7. The van der Waals surface area contributed by atoms with Gasteiger partial charge in [0.15, 0.2) is 0 Å². The molecule has 0 fully saturated rings. The molecule has 11 heteroatoms. The summed E-state index contributed by atoms with van der Waals surface area (Å²) in [5.41, 5.74) is 0. The third-order valence-electron chi connectivity index (χ3n) is 4.03. The molecule has 0 bridgehead atoms. The summed E-state index contributed by atoms with van der Waals surface area (Å²) in [6, 6.07) is 0. The molecule has 0 aliphatic carbocycles. The van der Waals surface area contributed by atoms with Gasteiger partial charge in [-0.1, -0.05) is 0 Å². The van der Waals surface area contributed by atoms with Gasteiger partial charge in [0.25, 0.3) is 0 Å². The van der Waals surface area contributed by atoms with Crippen LogP contribution in [0.2, 0.25) is 84.0 Å². The van der Waals surface area contributed by atoms with E-state index in [1.807, 2.05) is 0 Å². The van der Waals surface area contributed by atoms with Crippen molar-refractivity contribution in [2.45, 2.75) is 84.0 Å². The summed E-state index contributed by atoms with van der Waals surface area (Å²) in [5, 5.41) is 0. The first kappa shape index (κ1) is 44.8. The molecule has 30 heavy (non-hydrogen) atoms. The Kier molecular flexibility index (Phi) is 32.8. The zero-order valence-corrected chi connectivity index (χ0v) is 30.5. The Morgan fingerprint density at radius 3 is 0.600 bits per heavy atom. The van der Waals surface area contributed by atoms with Crippen molar-refractivity contribution in [1.29, 1.82) is 0 Å². The number of hydrogen-bond acceptors (Lipinski definition) is 0. The first-order chi connectivity index (χ1) is 13.4. The van der Waals surface area contributed by atoms with Crippen LogP contribution >= 0.6 is 0 Å². The molecule has 0 rings (SSSR count). The predicted molar refractivity (Wildman–Crippen MR) is 126 cm³/mol. The van der Waals surface area contributed by atoms with E-state index in [1.165, 1.54) is 5.45 Å². The van der Waals surface area contributed by atoms with Crippen LogP contribution in [0.1, 0.15) is 0 Å². The van der Waals surface area contributed by atoms with E-state index in [4.69, 9.17) is 23.3 Å². The molecule has 0 saturated heterocycles. The SMILES string of the molecule is C[Si](C)(C)[CH]([Pb](=[Mo])[CH]([Si](C)(C)C)[Si](C)(C)C)[Si](C)(C)C.[C-]#[O+].[C-]#[O+].[C-]#[O+].[C-]#[O+].[C-]#[O+]. The van der Waals surface area contributed by atoms with Gasteiger partial charge in [-0.05, 0) is 0 Å². The Morgan fingerprint density at radius 1 is 0.433 bits per heavy atom. The van der Waals surface area contributed by atoms with E-state index in [1.54, 1.807) is 0 Å². The Balaban J connectivity index is -0.000000125. The fourth-order valence-corrected chi connectivity index (χ4v) is 173. The van der Waals surface area contributed by atoms with Gasteiger partial charge in [-0.15, -0.1) is 0 Å². The molecule has 0 aromatic carbocycles. The van der Waals surface area contributed by atoms with E-state index in [-0.39, 0.29) is 0 Å². The molecule has 0 unspecified atom stereocenters. The van der Waals surface area contributed by atoms with Crippen LogP contribution in [0.15, 0.2) is 0 Å². The topological polar surface area (TPSA) is 99.5 Å². The van der Waals surface area contributed by atoms with Gasteiger partial charge in [0.2, 0.25) is 0 Å². The Hall–Kier alpha value is 1.18. The molecule has 0 aromatic rings. The normalized spacial score (nSPS) is 10.4. The molecule has 0 aliphatic rings. The summed E-state index contributed by atoms with van der Waals surface area (Å²) in [6.45, 7) is 54.6. The predicted octanol–water partition coefficient (Wildman–Crippen LogP) is 5.59.